The second-order valence-electron chi connectivity index (χ2n) is 4.77. The number of aryl methyl sites for hydroxylation is 1. The molecule has 0 unspecified atom stereocenters. The molecule has 0 saturated heterocycles. The van der Waals surface area contributed by atoms with Gasteiger partial charge < -0.3 is 19.7 Å². The molecule has 0 fully saturated rings. The fraction of sp³-hybridized carbons (Fsp3) is 0.462. The lowest BCUT2D eigenvalue weighted by Gasteiger charge is -2.13. The van der Waals surface area contributed by atoms with Gasteiger partial charge in [0.2, 0.25) is 5.95 Å². The largest absolute Gasteiger partial charge is 0.389 e. The van der Waals surface area contributed by atoms with Crippen LogP contribution in [0, 0.1) is 0 Å². The molecule has 9 nitrogen and oxygen atoms in total. The third-order valence-corrected chi connectivity index (χ3v) is 3.17. The van der Waals surface area contributed by atoms with Crippen molar-refractivity contribution in [3.8, 4) is 0 Å². The molecule has 3 N–H and O–H groups in total. The van der Waals surface area contributed by atoms with E-state index in [1.165, 1.54) is 16.2 Å². The minimum Gasteiger partial charge on any atom is -0.389 e. The predicted molar refractivity (Wildman–Crippen MR) is 82.2 cm³/mol. The van der Waals surface area contributed by atoms with E-state index in [2.05, 4.69) is 21.9 Å². The topological polar surface area (TPSA) is 114 Å². The van der Waals surface area contributed by atoms with Gasteiger partial charge in [-0.15, -0.1) is 6.58 Å². The molecule has 9 heteroatoms. The van der Waals surface area contributed by atoms with Crippen molar-refractivity contribution in [1.29, 1.82) is 0 Å². The van der Waals surface area contributed by atoms with Crippen LogP contribution < -0.4 is 16.6 Å². The van der Waals surface area contributed by atoms with Crippen LogP contribution in [0.15, 0.2) is 22.2 Å². The average molecular weight is 309 g/mol. The molecule has 0 spiro atoms. The number of ether oxygens (including phenoxy) is 1. The van der Waals surface area contributed by atoms with Gasteiger partial charge >= 0.3 is 5.69 Å². The Balaban J connectivity index is 2.44. The number of fused-ring (bicyclic) bond motifs is 1. The quantitative estimate of drug-likeness (QED) is 0.448. The molecule has 2 rings (SSSR count). The van der Waals surface area contributed by atoms with Gasteiger partial charge in [0.05, 0.1) is 25.9 Å². The Hall–Kier alpha value is -2.39. The van der Waals surface area contributed by atoms with Crippen LogP contribution in [0.3, 0.4) is 0 Å². The SMILES string of the molecule is C=CCOC[C@@H](O)Cn1c(NC)nc2c1c(=O)[nH]c(=O)n2C. The van der Waals surface area contributed by atoms with E-state index in [0.29, 0.717) is 12.6 Å². The summed E-state index contributed by atoms with van der Waals surface area (Å²) in [6.07, 6.45) is 0.750. The normalized spacial score (nSPS) is 12.5. The summed E-state index contributed by atoms with van der Waals surface area (Å²) < 4.78 is 7.96. The van der Waals surface area contributed by atoms with E-state index in [1.807, 2.05) is 0 Å². The van der Waals surface area contributed by atoms with Crippen molar-refractivity contribution in [2.75, 3.05) is 25.6 Å². The zero-order valence-corrected chi connectivity index (χ0v) is 12.5. The fourth-order valence-corrected chi connectivity index (χ4v) is 2.15. The monoisotopic (exact) mass is 309 g/mol. The number of aromatic amines is 1. The molecule has 0 aliphatic heterocycles. The van der Waals surface area contributed by atoms with E-state index in [-0.39, 0.29) is 24.3 Å². The van der Waals surface area contributed by atoms with E-state index in [0.717, 1.165) is 0 Å². The van der Waals surface area contributed by atoms with Gasteiger partial charge in [-0.2, -0.15) is 4.98 Å². The maximum absolute atomic E-state index is 12.1. The van der Waals surface area contributed by atoms with Gasteiger partial charge in [-0.25, -0.2) is 4.79 Å². The first-order valence-electron chi connectivity index (χ1n) is 6.73. The van der Waals surface area contributed by atoms with Gasteiger partial charge in [-0.05, 0) is 0 Å². The number of aliphatic hydroxyl groups is 1. The number of nitrogens with one attached hydrogen (secondary N) is 2. The molecule has 2 heterocycles. The van der Waals surface area contributed by atoms with Crippen molar-refractivity contribution >= 4 is 17.1 Å². The van der Waals surface area contributed by atoms with Gasteiger partial charge in [-0.3, -0.25) is 14.3 Å². The number of H-pyrrole nitrogens is 1. The molecule has 22 heavy (non-hydrogen) atoms. The molecule has 120 valence electrons. The van der Waals surface area contributed by atoms with Crippen LogP contribution in [-0.2, 0) is 18.3 Å². The highest BCUT2D eigenvalue weighted by molar-refractivity contribution is 5.74. The van der Waals surface area contributed by atoms with E-state index < -0.39 is 17.4 Å². The van der Waals surface area contributed by atoms with E-state index in [9.17, 15) is 14.7 Å². The summed E-state index contributed by atoms with van der Waals surface area (Å²) in [7, 11) is 3.16. The van der Waals surface area contributed by atoms with Gasteiger partial charge in [0, 0.05) is 14.1 Å². The van der Waals surface area contributed by atoms with Gasteiger partial charge in [0.25, 0.3) is 5.56 Å². The van der Waals surface area contributed by atoms with Crippen LogP contribution in [0.1, 0.15) is 0 Å². The number of aromatic nitrogens is 4. The maximum atomic E-state index is 12.1. The molecule has 0 aliphatic rings. The second kappa shape index (κ2) is 6.58. The number of rotatable bonds is 7. The Labute approximate surface area is 125 Å². The Bertz CT molecular complexity index is 788. The Morgan fingerprint density at radius 1 is 1.55 bits per heavy atom. The summed E-state index contributed by atoms with van der Waals surface area (Å²) in [4.78, 5) is 30.1. The maximum Gasteiger partial charge on any atom is 0.329 e. The first-order valence-corrected chi connectivity index (χ1v) is 6.73. The molecular formula is C13H19N5O4. The zero-order chi connectivity index (χ0) is 16.3. The van der Waals surface area contributed by atoms with Crippen LogP contribution in [0.25, 0.3) is 11.2 Å². The lowest BCUT2D eigenvalue weighted by atomic mass is 10.3. The second-order valence-corrected chi connectivity index (χ2v) is 4.77. The van der Waals surface area contributed by atoms with Crippen molar-refractivity contribution in [2.24, 2.45) is 7.05 Å². The van der Waals surface area contributed by atoms with E-state index in [4.69, 9.17) is 4.74 Å². The highest BCUT2D eigenvalue weighted by Crippen LogP contribution is 2.15. The first kappa shape index (κ1) is 16.0. The molecule has 0 radical (unpaired) electrons. The van der Waals surface area contributed by atoms with Crippen molar-refractivity contribution in [3.63, 3.8) is 0 Å². The third kappa shape index (κ3) is 2.95. The van der Waals surface area contributed by atoms with Crippen LogP contribution >= 0.6 is 0 Å². The van der Waals surface area contributed by atoms with Gasteiger partial charge in [0.1, 0.15) is 0 Å². The van der Waals surface area contributed by atoms with Crippen LogP contribution in [0.4, 0.5) is 5.95 Å². The molecular weight excluding hydrogens is 290 g/mol. The average Bonchev–Trinajstić information content (AvgIpc) is 2.84. The van der Waals surface area contributed by atoms with Crippen molar-refractivity contribution in [2.45, 2.75) is 12.6 Å². The molecule has 2 aromatic heterocycles. The number of imidazole rings is 1. The van der Waals surface area contributed by atoms with Crippen molar-refractivity contribution in [3.05, 3.63) is 33.5 Å². The number of aliphatic hydroxyl groups excluding tert-OH is 1. The van der Waals surface area contributed by atoms with Crippen molar-refractivity contribution in [1.82, 2.24) is 19.1 Å². The highest BCUT2D eigenvalue weighted by Gasteiger charge is 2.18. The summed E-state index contributed by atoms with van der Waals surface area (Å²) in [5.41, 5.74) is -0.627. The Morgan fingerprint density at radius 2 is 2.27 bits per heavy atom. The lowest BCUT2D eigenvalue weighted by molar-refractivity contribution is 0.0405. The number of anilines is 1. The summed E-state index contributed by atoms with van der Waals surface area (Å²) in [6.45, 7) is 4.05. The smallest absolute Gasteiger partial charge is 0.329 e. The molecule has 0 aromatic carbocycles. The Morgan fingerprint density at radius 3 is 2.91 bits per heavy atom. The third-order valence-electron chi connectivity index (χ3n) is 3.17. The van der Waals surface area contributed by atoms with Crippen LogP contribution in [-0.4, -0.2) is 50.6 Å². The Kier molecular flexibility index (Phi) is 4.78. The van der Waals surface area contributed by atoms with Crippen LogP contribution in [0.2, 0.25) is 0 Å². The molecule has 0 aliphatic carbocycles. The standard InChI is InChI=1S/C13H19N5O4/c1-4-5-22-7-8(19)6-18-9-10(15-12(18)14-2)17(3)13(21)16-11(9)20/h4,8,19H,1,5-7H2,2-3H3,(H,14,15)(H,16,20,21)/t8-/m0/s1. The lowest BCUT2D eigenvalue weighted by Crippen LogP contribution is -2.30. The molecule has 2 aromatic rings. The van der Waals surface area contributed by atoms with Crippen molar-refractivity contribution < 1.29 is 9.84 Å². The summed E-state index contributed by atoms with van der Waals surface area (Å²) in [5, 5.41) is 12.9. The molecule has 0 saturated carbocycles. The van der Waals surface area contributed by atoms with E-state index >= 15 is 0 Å². The summed E-state index contributed by atoms with van der Waals surface area (Å²) >= 11 is 0. The summed E-state index contributed by atoms with van der Waals surface area (Å²) in [6, 6.07) is 0. The minimum absolute atomic E-state index is 0.0958. The van der Waals surface area contributed by atoms with Gasteiger partial charge in [0.15, 0.2) is 11.2 Å². The van der Waals surface area contributed by atoms with Crippen LogP contribution in [0.5, 0.6) is 0 Å². The van der Waals surface area contributed by atoms with E-state index in [1.54, 1.807) is 13.1 Å². The first-order chi connectivity index (χ1) is 10.5. The fourth-order valence-electron chi connectivity index (χ4n) is 2.15. The molecule has 0 bridgehead atoms. The summed E-state index contributed by atoms with van der Waals surface area (Å²) in [5.74, 6) is 0.379. The number of hydrogen-bond donors (Lipinski definition) is 3. The number of hydrogen-bond acceptors (Lipinski definition) is 6. The molecule has 1 atom stereocenters. The number of nitrogens with zero attached hydrogens (tertiary/aromatic N) is 3. The minimum atomic E-state index is -0.832. The molecule has 0 amide bonds. The zero-order valence-electron chi connectivity index (χ0n) is 12.5. The predicted octanol–water partition coefficient (Wildman–Crippen LogP) is -0.971. The highest BCUT2D eigenvalue weighted by atomic mass is 16.5. The van der Waals surface area contributed by atoms with Gasteiger partial charge in [-0.1, -0.05) is 6.08 Å².